The molecule has 16 aromatic rings. The predicted molar refractivity (Wildman–Crippen MR) is 357 cm³/mol. The first kappa shape index (κ1) is 48.6. The van der Waals surface area contributed by atoms with Crippen LogP contribution in [0.3, 0.4) is 0 Å². The Hall–Kier alpha value is -10.3. The van der Waals surface area contributed by atoms with Crippen molar-refractivity contribution < 1.29 is 0 Å². The van der Waals surface area contributed by atoms with Crippen LogP contribution in [0.25, 0.3) is 82.5 Å². The van der Waals surface area contributed by atoms with Crippen LogP contribution in [0.2, 0.25) is 0 Å². The summed E-state index contributed by atoms with van der Waals surface area (Å²) in [6.45, 7) is 0. The summed E-state index contributed by atoms with van der Waals surface area (Å²) in [5.41, 5.74) is 10.4. The molecular weight excluding hydrogens is 1040 g/mol. The second kappa shape index (κ2) is 19.7. The summed E-state index contributed by atoms with van der Waals surface area (Å²) in [5, 5.41) is 18.1. The quantitative estimate of drug-likeness (QED) is 0.0906. The van der Waals surface area contributed by atoms with E-state index in [2.05, 4.69) is 347 Å². The van der Waals surface area contributed by atoms with E-state index in [4.69, 9.17) is 0 Å². The van der Waals surface area contributed by atoms with Crippen molar-refractivity contribution in [3.05, 3.63) is 334 Å². The Morgan fingerprint density at radius 2 is 0.506 bits per heavy atom. The molecule has 5 heteroatoms. The number of nitrogens with zero attached hydrogens (tertiary/aromatic N) is 3. The summed E-state index contributed by atoms with van der Waals surface area (Å²) < 4.78 is 7.62. The maximum atomic E-state index is 2.56. The smallest absolute Gasteiger partial charge is 0.179 e. The number of rotatable bonds is 11. The van der Waals surface area contributed by atoms with Crippen molar-refractivity contribution in [3.8, 4) is 17.1 Å². The minimum absolute atomic E-state index is 1.10. The molecule has 0 aliphatic heterocycles. The van der Waals surface area contributed by atoms with Crippen LogP contribution in [0, 0.1) is 0 Å². The molecule has 0 bridgehead atoms. The molecule has 0 unspecified atom stereocenters. The Morgan fingerprint density at radius 1 is 0.181 bits per heavy atom. The highest BCUT2D eigenvalue weighted by Gasteiger charge is 2.43. The normalized spacial score (nSPS) is 12.1. The fourth-order valence-electron chi connectivity index (χ4n) is 14.3. The van der Waals surface area contributed by atoms with Crippen LogP contribution in [0.5, 0.6) is 0 Å². The first-order valence-corrected chi connectivity index (χ1v) is 32.8. The molecule has 13 aromatic carbocycles. The highest BCUT2D eigenvalue weighted by Crippen LogP contribution is 2.41. The minimum Gasteiger partial charge on any atom is -0.309 e. The van der Waals surface area contributed by atoms with Crippen molar-refractivity contribution in [2.75, 3.05) is 0 Å². The molecule has 0 spiro atoms. The van der Waals surface area contributed by atoms with E-state index < -0.39 is 16.1 Å². The largest absolute Gasteiger partial charge is 0.309 e. The summed E-state index contributed by atoms with van der Waals surface area (Å²) in [6.07, 6.45) is 0. The topological polar surface area (TPSA) is 14.8 Å². The zero-order chi connectivity index (χ0) is 54.9. The molecular formula is C78H55N3Si2. The second-order valence-electron chi connectivity index (χ2n) is 21.9. The molecule has 16 rings (SSSR count). The van der Waals surface area contributed by atoms with E-state index >= 15 is 0 Å². The fraction of sp³-hybridized carbons (Fsp3) is 0. The Kier molecular flexibility index (Phi) is 11.6. The third-order valence-corrected chi connectivity index (χ3v) is 27.3. The summed E-state index contributed by atoms with van der Waals surface area (Å²) in [5.74, 6) is 0. The van der Waals surface area contributed by atoms with Crippen molar-refractivity contribution in [3.63, 3.8) is 0 Å². The molecule has 83 heavy (non-hydrogen) atoms. The van der Waals surface area contributed by atoms with Gasteiger partial charge in [-0.3, -0.25) is 0 Å². The first-order valence-electron chi connectivity index (χ1n) is 28.8. The lowest BCUT2D eigenvalue weighted by Gasteiger charge is -2.34. The highest BCUT2D eigenvalue weighted by atomic mass is 28.3. The van der Waals surface area contributed by atoms with Crippen molar-refractivity contribution in [2.45, 2.75) is 0 Å². The molecule has 0 aliphatic rings. The maximum absolute atomic E-state index is 2.89. The van der Waals surface area contributed by atoms with Crippen LogP contribution < -0.4 is 41.5 Å². The van der Waals surface area contributed by atoms with Gasteiger partial charge >= 0.3 is 0 Å². The summed E-state index contributed by atoms with van der Waals surface area (Å²) >= 11 is 0. The van der Waals surface area contributed by atoms with Gasteiger partial charge in [0, 0.05) is 43.7 Å². The zero-order valence-electron chi connectivity index (χ0n) is 45.6. The van der Waals surface area contributed by atoms with Gasteiger partial charge in [-0.05, 0) is 96.1 Å². The van der Waals surface area contributed by atoms with E-state index in [1.54, 1.807) is 0 Å². The molecule has 3 heterocycles. The van der Waals surface area contributed by atoms with Crippen molar-refractivity contribution in [2.24, 2.45) is 0 Å². The van der Waals surface area contributed by atoms with E-state index in [0.717, 1.165) is 33.6 Å². The fourth-order valence-corrected chi connectivity index (χ4v) is 23.8. The van der Waals surface area contributed by atoms with Gasteiger partial charge in [-0.15, -0.1) is 0 Å². The van der Waals surface area contributed by atoms with Gasteiger partial charge in [-0.2, -0.15) is 0 Å². The van der Waals surface area contributed by atoms with Gasteiger partial charge in [0.05, 0.1) is 38.8 Å². The SMILES string of the molecule is c1ccc([Si](c2ccccc2)(c2ccccc2)c2cccc(-n3c4ccccc4c4ccc(-n5c6ccccc6c6cccc(-n7c8ccccc8c8ccc([Si](c9ccccc9)(c9ccccc9)c9ccccc9)cc87)c65)cc43)c2)cc1. The third-order valence-electron chi connectivity index (χ3n) is 17.7. The number of para-hydroxylation sites is 4. The van der Waals surface area contributed by atoms with Gasteiger partial charge in [0.1, 0.15) is 0 Å². The van der Waals surface area contributed by atoms with E-state index in [0.29, 0.717) is 0 Å². The molecule has 0 saturated heterocycles. The summed E-state index contributed by atoms with van der Waals surface area (Å²) in [7, 11) is -5.74. The van der Waals surface area contributed by atoms with Crippen LogP contribution in [0.1, 0.15) is 0 Å². The molecule has 3 aromatic heterocycles. The van der Waals surface area contributed by atoms with Gasteiger partial charge in [-0.25, -0.2) is 0 Å². The molecule has 0 amide bonds. The summed E-state index contributed by atoms with van der Waals surface area (Å²) in [4.78, 5) is 0. The van der Waals surface area contributed by atoms with E-state index in [1.807, 2.05) is 0 Å². The van der Waals surface area contributed by atoms with Gasteiger partial charge in [0.2, 0.25) is 0 Å². The lowest BCUT2D eigenvalue weighted by molar-refractivity contribution is 1.13. The van der Waals surface area contributed by atoms with Crippen LogP contribution >= 0.6 is 0 Å². The molecule has 390 valence electrons. The Balaban J connectivity index is 0.957. The average Bonchev–Trinajstić information content (AvgIpc) is 2.31. The van der Waals surface area contributed by atoms with Gasteiger partial charge in [-0.1, -0.05) is 279 Å². The molecule has 0 atom stereocenters. The van der Waals surface area contributed by atoms with E-state index in [-0.39, 0.29) is 0 Å². The van der Waals surface area contributed by atoms with E-state index in [1.165, 1.54) is 90.4 Å². The Labute approximate surface area is 484 Å². The lowest BCUT2D eigenvalue weighted by Crippen LogP contribution is -2.74. The van der Waals surface area contributed by atoms with Crippen LogP contribution in [-0.2, 0) is 0 Å². The number of aromatic nitrogens is 3. The third kappa shape index (κ3) is 7.42. The van der Waals surface area contributed by atoms with Crippen molar-refractivity contribution in [1.29, 1.82) is 0 Å². The maximum Gasteiger partial charge on any atom is 0.179 e. The average molecular weight is 1090 g/mol. The van der Waals surface area contributed by atoms with E-state index in [9.17, 15) is 0 Å². The molecule has 0 N–H and O–H groups in total. The van der Waals surface area contributed by atoms with Gasteiger partial charge < -0.3 is 13.7 Å². The summed E-state index contributed by atoms with van der Waals surface area (Å²) in [6, 6.07) is 125. The number of hydrogen-bond acceptors (Lipinski definition) is 0. The Bertz CT molecular complexity index is 4880. The first-order chi connectivity index (χ1) is 41.2. The number of benzene rings is 13. The monoisotopic (exact) mass is 1090 g/mol. The number of hydrogen-bond donors (Lipinski definition) is 0. The van der Waals surface area contributed by atoms with Crippen molar-refractivity contribution in [1.82, 2.24) is 13.7 Å². The minimum atomic E-state index is -2.89. The van der Waals surface area contributed by atoms with Gasteiger partial charge in [0.15, 0.2) is 16.1 Å². The van der Waals surface area contributed by atoms with Gasteiger partial charge in [0.25, 0.3) is 0 Å². The molecule has 0 saturated carbocycles. The predicted octanol–water partition coefficient (Wildman–Crippen LogP) is 13.7. The second-order valence-corrected chi connectivity index (χ2v) is 29.5. The van der Waals surface area contributed by atoms with Crippen LogP contribution in [-0.4, -0.2) is 29.8 Å². The molecule has 3 nitrogen and oxygen atoms in total. The lowest BCUT2D eigenvalue weighted by atomic mass is 10.1. The standard InChI is InChI=1S/C78H55N3Si2/c1-7-28-58(29-8-1)82(59-30-9-2-10-31-59,60-32-11-3-12-33-60)64-40-25-27-56(53-64)79-72-45-22-19-41-66(72)69-51-49-57(54-76(69)79)80-73-46-23-21-43-68(73)71-44-26-48-75(78(71)80)81-74-47-24-20-42-67(74)70-52-50-65(55-77(70)81)83(61-34-13-4-14-35-61,62-36-15-5-16-37-62)63-38-17-6-18-39-63/h1-55H. The molecule has 0 aliphatic carbocycles. The Morgan fingerprint density at radius 3 is 0.988 bits per heavy atom. The highest BCUT2D eigenvalue weighted by molar-refractivity contribution is 7.20. The van der Waals surface area contributed by atoms with Crippen molar-refractivity contribution >= 4 is 123 Å². The molecule has 0 radical (unpaired) electrons. The van der Waals surface area contributed by atoms with Crippen LogP contribution in [0.4, 0.5) is 0 Å². The zero-order valence-corrected chi connectivity index (χ0v) is 47.6. The molecule has 0 fully saturated rings. The van der Waals surface area contributed by atoms with Crippen LogP contribution in [0.15, 0.2) is 334 Å². The number of fused-ring (bicyclic) bond motifs is 9.